The first-order valence-corrected chi connectivity index (χ1v) is 10.4. The van der Waals surface area contributed by atoms with Crippen LogP contribution >= 0.6 is 12.2 Å². The van der Waals surface area contributed by atoms with Gasteiger partial charge in [0, 0.05) is 29.6 Å². The standard InChI is InChI=1S/C23H27N3O3S/c1-3-29-20-9-10-21-18(12-20)11-19(22(28)25-21)15-26(14-16(2)27)23(30)24-13-17-7-5-4-6-8-17/h4-12,16,27H,3,13-15H2,1-2H3,(H,24,30)(H,25,28)/t16-/m0/s1. The number of pyridine rings is 1. The third kappa shape index (κ3) is 5.81. The zero-order valence-corrected chi connectivity index (χ0v) is 18.0. The third-order valence-electron chi connectivity index (χ3n) is 4.62. The SMILES string of the molecule is CCOc1ccc2[nH]c(=O)c(CN(C[C@H](C)O)C(=S)NCc3ccccc3)cc2c1. The van der Waals surface area contributed by atoms with Crippen LogP contribution in [0, 0.1) is 0 Å². The number of nitrogens with one attached hydrogen (secondary N) is 2. The van der Waals surface area contributed by atoms with Gasteiger partial charge in [0.1, 0.15) is 5.75 Å². The summed E-state index contributed by atoms with van der Waals surface area (Å²) in [6.45, 7) is 5.38. The van der Waals surface area contributed by atoms with Crippen LogP contribution < -0.4 is 15.6 Å². The molecular formula is C23H27N3O3S. The number of hydrogen-bond acceptors (Lipinski definition) is 4. The highest BCUT2D eigenvalue weighted by Crippen LogP contribution is 2.19. The molecule has 1 heterocycles. The van der Waals surface area contributed by atoms with E-state index in [-0.39, 0.29) is 12.1 Å². The van der Waals surface area contributed by atoms with Crippen LogP contribution in [0.1, 0.15) is 25.0 Å². The Morgan fingerprint density at radius 1 is 1.23 bits per heavy atom. The number of ether oxygens (including phenoxy) is 1. The van der Waals surface area contributed by atoms with Crippen molar-refractivity contribution in [2.45, 2.75) is 33.0 Å². The van der Waals surface area contributed by atoms with Crippen LogP contribution in [0.5, 0.6) is 5.75 Å². The van der Waals surface area contributed by atoms with Gasteiger partial charge >= 0.3 is 0 Å². The molecule has 0 saturated carbocycles. The minimum atomic E-state index is -0.592. The van der Waals surface area contributed by atoms with Gasteiger partial charge in [-0.2, -0.15) is 0 Å². The molecule has 0 radical (unpaired) electrons. The second kappa shape index (κ2) is 10.2. The molecule has 6 nitrogen and oxygen atoms in total. The number of H-pyrrole nitrogens is 1. The fourth-order valence-corrected chi connectivity index (χ4v) is 3.44. The smallest absolute Gasteiger partial charge is 0.253 e. The van der Waals surface area contributed by atoms with Crippen molar-refractivity contribution in [3.63, 3.8) is 0 Å². The summed E-state index contributed by atoms with van der Waals surface area (Å²) in [6, 6.07) is 17.4. The van der Waals surface area contributed by atoms with E-state index in [0.29, 0.717) is 30.4 Å². The molecule has 3 aromatic rings. The lowest BCUT2D eigenvalue weighted by Crippen LogP contribution is -2.43. The monoisotopic (exact) mass is 425 g/mol. The lowest BCUT2D eigenvalue weighted by atomic mass is 10.1. The topological polar surface area (TPSA) is 77.6 Å². The largest absolute Gasteiger partial charge is 0.494 e. The number of fused-ring (bicyclic) bond motifs is 1. The molecule has 0 unspecified atom stereocenters. The first kappa shape index (κ1) is 21.8. The van der Waals surface area contributed by atoms with Gasteiger partial charge in [0.15, 0.2) is 5.11 Å². The zero-order chi connectivity index (χ0) is 21.5. The van der Waals surface area contributed by atoms with E-state index in [9.17, 15) is 9.90 Å². The van der Waals surface area contributed by atoms with Gasteiger partial charge in [-0.3, -0.25) is 4.79 Å². The van der Waals surface area contributed by atoms with Crippen LogP contribution in [0.4, 0.5) is 0 Å². The maximum Gasteiger partial charge on any atom is 0.253 e. The normalized spacial score (nSPS) is 11.8. The molecule has 0 aliphatic carbocycles. The number of nitrogens with zero attached hydrogens (tertiary/aromatic N) is 1. The van der Waals surface area contributed by atoms with Crippen LogP contribution in [0.25, 0.3) is 10.9 Å². The number of aliphatic hydroxyl groups excluding tert-OH is 1. The Labute approximate surface area is 181 Å². The Morgan fingerprint density at radius 3 is 2.70 bits per heavy atom. The van der Waals surface area contributed by atoms with E-state index in [1.54, 1.807) is 6.92 Å². The minimum absolute atomic E-state index is 0.173. The van der Waals surface area contributed by atoms with Gasteiger partial charge < -0.3 is 25.0 Å². The summed E-state index contributed by atoms with van der Waals surface area (Å²) in [4.78, 5) is 17.4. The molecule has 0 fully saturated rings. The summed E-state index contributed by atoms with van der Waals surface area (Å²) in [5, 5.41) is 14.5. The average molecular weight is 426 g/mol. The lowest BCUT2D eigenvalue weighted by molar-refractivity contribution is 0.156. The Morgan fingerprint density at radius 2 is 2.00 bits per heavy atom. The van der Waals surface area contributed by atoms with Gasteiger partial charge in [0.2, 0.25) is 0 Å². The van der Waals surface area contributed by atoms with Crippen molar-refractivity contribution in [2.75, 3.05) is 13.2 Å². The highest BCUT2D eigenvalue weighted by molar-refractivity contribution is 7.80. The van der Waals surface area contributed by atoms with Gasteiger partial charge in [-0.15, -0.1) is 0 Å². The van der Waals surface area contributed by atoms with Gasteiger partial charge in [0.25, 0.3) is 5.56 Å². The predicted octanol–water partition coefficient (Wildman–Crippen LogP) is 3.18. The van der Waals surface area contributed by atoms with Gasteiger partial charge in [-0.05, 0) is 55.9 Å². The summed E-state index contributed by atoms with van der Waals surface area (Å²) in [5.74, 6) is 0.754. The van der Waals surface area contributed by atoms with E-state index in [2.05, 4.69) is 10.3 Å². The van der Waals surface area contributed by atoms with Gasteiger partial charge in [-0.25, -0.2) is 0 Å². The van der Waals surface area contributed by atoms with E-state index in [4.69, 9.17) is 17.0 Å². The third-order valence-corrected chi connectivity index (χ3v) is 5.03. The molecule has 0 spiro atoms. The zero-order valence-electron chi connectivity index (χ0n) is 17.2. The number of hydrogen-bond donors (Lipinski definition) is 3. The van der Waals surface area contributed by atoms with Crippen LogP contribution in [0.2, 0.25) is 0 Å². The molecule has 7 heteroatoms. The molecule has 0 aliphatic heterocycles. The fraction of sp³-hybridized carbons (Fsp3) is 0.304. The molecule has 3 rings (SSSR count). The van der Waals surface area contributed by atoms with E-state index in [0.717, 1.165) is 22.2 Å². The van der Waals surface area contributed by atoms with Gasteiger partial charge in [0.05, 0.1) is 19.3 Å². The molecule has 0 saturated heterocycles. The van der Waals surface area contributed by atoms with Crippen LogP contribution in [-0.4, -0.2) is 39.4 Å². The Bertz CT molecular complexity index is 1050. The number of thiocarbonyl (C=S) groups is 1. The molecule has 0 amide bonds. The molecule has 0 bridgehead atoms. The van der Waals surface area contributed by atoms with Crippen molar-refractivity contribution >= 4 is 28.2 Å². The summed E-state index contributed by atoms with van der Waals surface area (Å²) in [7, 11) is 0. The van der Waals surface area contributed by atoms with Crippen molar-refractivity contribution in [2.24, 2.45) is 0 Å². The van der Waals surface area contributed by atoms with Crippen molar-refractivity contribution in [1.29, 1.82) is 0 Å². The van der Waals surface area contributed by atoms with E-state index >= 15 is 0 Å². The van der Waals surface area contributed by atoms with E-state index in [1.165, 1.54) is 0 Å². The summed E-state index contributed by atoms with van der Waals surface area (Å²) < 4.78 is 5.56. The molecule has 3 N–H and O–H groups in total. The molecule has 1 atom stereocenters. The number of benzene rings is 2. The van der Waals surface area contributed by atoms with Crippen molar-refractivity contribution in [3.05, 3.63) is 76.1 Å². The predicted molar refractivity (Wildman–Crippen MR) is 124 cm³/mol. The Kier molecular flexibility index (Phi) is 7.43. The van der Waals surface area contributed by atoms with E-state index in [1.807, 2.05) is 66.4 Å². The van der Waals surface area contributed by atoms with Crippen molar-refractivity contribution < 1.29 is 9.84 Å². The minimum Gasteiger partial charge on any atom is -0.494 e. The second-order valence-corrected chi connectivity index (χ2v) is 7.57. The maximum absolute atomic E-state index is 12.6. The quantitative estimate of drug-likeness (QED) is 0.481. The van der Waals surface area contributed by atoms with Crippen molar-refractivity contribution in [1.82, 2.24) is 15.2 Å². The average Bonchev–Trinajstić information content (AvgIpc) is 2.73. The van der Waals surface area contributed by atoms with E-state index < -0.39 is 6.10 Å². The molecular weight excluding hydrogens is 398 g/mol. The molecule has 0 aliphatic rings. The highest BCUT2D eigenvalue weighted by atomic mass is 32.1. The van der Waals surface area contributed by atoms with Crippen LogP contribution in [0.15, 0.2) is 59.4 Å². The van der Waals surface area contributed by atoms with Gasteiger partial charge in [-0.1, -0.05) is 30.3 Å². The molecule has 158 valence electrons. The molecule has 2 aromatic carbocycles. The number of rotatable bonds is 8. The second-order valence-electron chi connectivity index (χ2n) is 7.18. The lowest BCUT2D eigenvalue weighted by Gasteiger charge is -2.27. The van der Waals surface area contributed by atoms with Crippen molar-refractivity contribution in [3.8, 4) is 5.75 Å². The molecule has 30 heavy (non-hydrogen) atoms. The molecule has 1 aromatic heterocycles. The Hall–Kier alpha value is -2.90. The number of aromatic nitrogens is 1. The maximum atomic E-state index is 12.6. The highest BCUT2D eigenvalue weighted by Gasteiger charge is 2.15. The summed E-state index contributed by atoms with van der Waals surface area (Å²) >= 11 is 5.56. The first-order chi connectivity index (χ1) is 14.5. The number of aliphatic hydroxyl groups is 1. The summed E-state index contributed by atoms with van der Waals surface area (Å²) in [5.41, 5.74) is 2.25. The van der Waals surface area contributed by atoms with Crippen LogP contribution in [0.3, 0.4) is 0 Å². The van der Waals surface area contributed by atoms with Crippen LogP contribution in [-0.2, 0) is 13.1 Å². The number of aromatic amines is 1. The fourth-order valence-electron chi connectivity index (χ4n) is 3.23. The summed E-state index contributed by atoms with van der Waals surface area (Å²) in [6.07, 6.45) is -0.592. The Balaban J connectivity index is 1.80. The first-order valence-electron chi connectivity index (χ1n) is 9.99.